The second kappa shape index (κ2) is 7.69. The van der Waals surface area contributed by atoms with Gasteiger partial charge in [-0.25, -0.2) is 15.0 Å². The SMILES string of the molecule is CCc1nc(C)sc1-c1ncc(-c2cc(C(N)=O)cc(OC)c2[N+](=O)[O-])cn1. The first-order valence-corrected chi connectivity index (χ1v) is 9.12. The maximum absolute atomic E-state index is 11.6. The van der Waals surface area contributed by atoms with E-state index in [1.165, 1.54) is 43.0 Å². The van der Waals surface area contributed by atoms with Gasteiger partial charge in [0.2, 0.25) is 5.91 Å². The molecule has 0 radical (unpaired) electrons. The van der Waals surface area contributed by atoms with Gasteiger partial charge in [-0.3, -0.25) is 14.9 Å². The molecule has 3 rings (SSSR count). The smallest absolute Gasteiger partial charge is 0.318 e. The number of thiazole rings is 1. The number of nitro benzene ring substituents is 1. The van der Waals surface area contributed by atoms with E-state index < -0.39 is 10.8 Å². The number of nitrogens with two attached hydrogens (primary N) is 1. The highest BCUT2D eigenvalue weighted by atomic mass is 32.1. The molecule has 0 fully saturated rings. The van der Waals surface area contributed by atoms with Gasteiger partial charge >= 0.3 is 5.69 Å². The minimum Gasteiger partial charge on any atom is -0.490 e. The van der Waals surface area contributed by atoms with Crippen molar-refractivity contribution in [2.45, 2.75) is 20.3 Å². The summed E-state index contributed by atoms with van der Waals surface area (Å²) in [4.78, 5) is 36.7. The summed E-state index contributed by atoms with van der Waals surface area (Å²) in [5, 5.41) is 12.5. The van der Waals surface area contributed by atoms with E-state index in [0.29, 0.717) is 11.4 Å². The lowest BCUT2D eigenvalue weighted by molar-refractivity contribution is -0.385. The summed E-state index contributed by atoms with van der Waals surface area (Å²) in [6, 6.07) is 2.59. The number of carbonyl (C=O) groups excluding carboxylic acids is 1. The van der Waals surface area contributed by atoms with Gasteiger partial charge < -0.3 is 10.5 Å². The largest absolute Gasteiger partial charge is 0.490 e. The van der Waals surface area contributed by atoms with Crippen molar-refractivity contribution in [1.29, 1.82) is 0 Å². The van der Waals surface area contributed by atoms with Gasteiger partial charge in [0.1, 0.15) is 0 Å². The van der Waals surface area contributed by atoms with Gasteiger partial charge in [-0.15, -0.1) is 11.3 Å². The quantitative estimate of drug-likeness (QED) is 0.497. The standard InChI is InChI=1S/C18H17N5O4S/c1-4-13-16(28-9(2)22-13)18-20-7-11(8-21-18)12-5-10(17(19)24)6-14(27-3)15(12)23(25)26/h5-8H,4H2,1-3H3,(H2,19,24). The van der Waals surface area contributed by atoms with Crippen molar-refractivity contribution < 1.29 is 14.5 Å². The lowest BCUT2D eigenvalue weighted by Gasteiger charge is -2.09. The number of benzene rings is 1. The first kappa shape index (κ1) is 19.4. The number of primary amides is 1. The second-order valence-corrected chi connectivity index (χ2v) is 7.06. The predicted molar refractivity (Wildman–Crippen MR) is 104 cm³/mol. The van der Waals surface area contributed by atoms with E-state index in [2.05, 4.69) is 15.0 Å². The Morgan fingerprint density at radius 3 is 2.54 bits per heavy atom. The molecule has 0 saturated heterocycles. The molecule has 0 spiro atoms. The Kier molecular flexibility index (Phi) is 5.32. The molecule has 2 N–H and O–H groups in total. The lowest BCUT2D eigenvalue weighted by Crippen LogP contribution is -2.12. The Hall–Kier alpha value is -3.40. The first-order chi connectivity index (χ1) is 13.3. The molecule has 28 heavy (non-hydrogen) atoms. The van der Waals surface area contributed by atoms with E-state index >= 15 is 0 Å². The number of ether oxygens (including phenoxy) is 1. The van der Waals surface area contributed by atoms with E-state index in [1.54, 1.807) is 0 Å². The molecular formula is C18H17N5O4S. The van der Waals surface area contributed by atoms with Crippen molar-refractivity contribution in [2.75, 3.05) is 7.11 Å². The van der Waals surface area contributed by atoms with Crippen LogP contribution < -0.4 is 10.5 Å². The Morgan fingerprint density at radius 2 is 2.00 bits per heavy atom. The molecule has 0 bridgehead atoms. The van der Waals surface area contributed by atoms with Gasteiger partial charge in [0, 0.05) is 29.6 Å². The van der Waals surface area contributed by atoms with Gasteiger partial charge in [-0.2, -0.15) is 0 Å². The molecule has 9 nitrogen and oxygen atoms in total. The van der Waals surface area contributed by atoms with Gasteiger partial charge in [0.15, 0.2) is 11.6 Å². The van der Waals surface area contributed by atoms with Crippen molar-refractivity contribution in [3.63, 3.8) is 0 Å². The molecule has 10 heteroatoms. The number of rotatable bonds is 6. The number of aryl methyl sites for hydroxylation is 2. The van der Waals surface area contributed by atoms with E-state index in [4.69, 9.17) is 10.5 Å². The maximum atomic E-state index is 11.6. The van der Waals surface area contributed by atoms with Crippen LogP contribution in [0.2, 0.25) is 0 Å². The van der Waals surface area contributed by atoms with Crippen LogP contribution >= 0.6 is 11.3 Å². The van der Waals surface area contributed by atoms with E-state index in [9.17, 15) is 14.9 Å². The summed E-state index contributed by atoms with van der Waals surface area (Å²) in [6.45, 7) is 3.91. The molecular weight excluding hydrogens is 382 g/mol. The number of methoxy groups -OCH3 is 1. The van der Waals surface area contributed by atoms with Crippen molar-refractivity contribution in [3.05, 3.63) is 50.9 Å². The molecule has 0 aliphatic carbocycles. The minimum atomic E-state index is -0.722. The zero-order valence-electron chi connectivity index (χ0n) is 15.4. The highest BCUT2D eigenvalue weighted by Gasteiger charge is 2.25. The number of amides is 1. The molecule has 144 valence electrons. The number of hydrogen-bond acceptors (Lipinski definition) is 8. The first-order valence-electron chi connectivity index (χ1n) is 8.31. The lowest BCUT2D eigenvalue weighted by atomic mass is 10.0. The van der Waals surface area contributed by atoms with Crippen molar-refractivity contribution in [1.82, 2.24) is 15.0 Å². The van der Waals surface area contributed by atoms with Crippen LogP contribution in [0.3, 0.4) is 0 Å². The summed E-state index contributed by atoms with van der Waals surface area (Å²) >= 11 is 1.49. The molecule has 1 aromatic carbocycles. The van der Waals surface area contributed by atoms with Gasteiger partial charge in [0.25, 0.3) is 0 Å². The third-order valence-corrected chi connectivity index (χ3v) is 5.08. The van der Waals surface area contributed by atoms with Crippen LogP contribution in [-0.4, -0.2) is 32.9 Å². The number of carbonyl (C=O) groups is 1. The van der Waals surface area contributed by atoms with Crippen LogP contribution in [0.5, 0.6) is 5.75 Å². The van der Waals surface area contributed by atoms with Crippen LogP contribution in [0.25, 0.3) is 21.8 Å². The normalized spacial score (nSPS) is 10.7. The van der Waals surface area contributed by atoms with Crippen LogP contribution in [-0.2, 0) is 6.42 Å². The molecule has 2 aromatic heterocycles. The summed E-state index contributed by atoms with van der Waals surface area (Å²) in [7, 11) is 1.29. The maximum Gasteiger partial charge on any atom is 0.318 e. The van der Waals surface area contributed by atoms with E-state index in [1.807, 2.05) is 13.8 Å². The van der Waals surface area contributed by atoms with Crippen molar-refractivity contribution in [2.24, 2.45) is 5.73 Å². The Morgan fingerprint density at radius 1 is 1.32 bits per heavy atom. The average Bonchev–Trinajstić information content (AvgIpc) is 3.07. The molecule has 0 aliphatic heterocycles. The zero-order chi connectivity index (χ0) is 20.4. The second-order valence-electron chi connectivity index (χ2n) is 5.85. The van der Waals surface area contributed by atoms with Crippen LogP contribution in [0.4, 0.5) is 5.69 Å². The minimum absolute atomic E-state index is 0.0632. The van der Waals surface area contributed by atoms with Gasteiger partial charge in [-0.1, -0.05) is 6.92 Å². The third-order valence-electron chi connectivity index (χ3n) is 4.07. The Balaban J connectivity index is 2.14. The average molecular weight is 399 g/mol. The summed E-state index contributed by atoms with van der Waals surface area (Å²) in [5.74, 6) is -0.293. The molecule has 0 unspecified atom stereocenters. The molecule has 3 aromatic rings. The summed E-state index contributed by atoms with van der Waals surface area (Å²) in [5.41, 5.74) is 6.58. The molecule has 1 amide bonds. The fraction of sp³-hybridized carbons (Fsp3) is 0.222. The van der Waals surface area contributed by atoms with Gasteiger partial charge in [0.05, 0.1) is 33.2 Å². The number of nitrogens with zero attached hydrogens (tertiary/aromatic N) is 4. The summed E-state index contributed by atoms with van der Waals surface area (Å²) in [6.07, 6.45) is 3.70. The van der Waals surface area contributed by atoms with E-state index in [0.717, 1.165) is 22.0 Å². The zero-order valence-corrected chi connectivity index (χ0v) is 16.2. The Labute approximate surface area is 164 Å². The topological polar surface area (TPSA) is 134 Å². The highest BCUT2D eigenvalue weighted by molar-refractivity contribution is 7.15. The number of hydrogen-bond donors (Lipinski definition) is 1. The third kappa shape index (κ3) is 3.54. The van der Waals surface area contributed by atoms with Crippen LogP contribution in [0.1, 0.15) is 28.0 Å². The van der Waals surface area contributed by atoms with Crippen LogP contribution in [0, 0.1) is 17.0 Å². The fourth-order valence-electron chi connectivity index (χ4n) is 2.78. The fourth-order valence-corrected chi connectivity index (χ4v) is 3.74. The molecule has 0 atom stereocenters. The van der Waals surface area contributed by atoms with Crippen molar-refractivity contribution in [3.8, 4) is 27.6 Å². The predicted octanol–water partition coefficient (Wildman–Crippen LogP) is 3.15. The van der Waals surface area contributed by atoms with Crippen molar-refractivity contribution >= 4 is 22.9 Å². The van der Waals surface area contributed by atoms with Gasteiger partial charge in [-0.05, 0) is 19.4 Å². The number of nitro groups is 1. The summed E-state index contributed by atoms with van der Waals surface area (Å²) < 4.78 is 5.09. The van der Waals surface area contributed by atoms with E-state index in [-0.39, 0.29) is 22.6 Å². The monoisotopic (exact) mass is 399 g/mol. The highest BCUT2D eigenvalue weighted by Crippen LogP contribution is 2.39. The molecule has 0 aliphatic rings. The molecule has 2 heterocycles. The van der Waals surface area contributed by atoms with Crippen LogP contribution in [0.15, 0.2) is 24.5 Å². The number of aromatic nitrogens is 3. The Bertz CT molecular complexity index is 1060. The molecule has 0 saturated carbocycles.